The molecule has 1 aromatic heterocycles. The molecule has 5 nitrogen and oxygen atoms in total. The lowest BCUT2D eigenvalue weighted by Crippen LogP contribution is -2.13. The molecule has 0 spiro atoms. The van der Waals surface area contributed by atoms with Gasteiger partial charge in [-0.05, 0) is 29.8 Å². The van der Waals surface area contributed by atoms with E-state index in [2.05, 4.69) is 10.3 Å². The number of ether oxygens (including phenoxy) is 1. The van der Waals surface area contributed by atoms with Crippen LogP contribution >= 0.6 is 11.6 Å². The van der Waals surface area contributed by atoms with Gasteiger partial charge in [0.1, 0.15) is 12.4 Å². The summed E-state index contributed by atoms with van der Waals surface area (Å²) in [5.41, 5.74) is 1.73. The highest BCUT2D eigenvalue weighted by molar-refractivity contribution is 7.90. The molecular formula is C15H17ClN2O3S. The summed E-state index contributed by atoms with van der Waals surface area (Å²) in [5, 5.41) is 3.79. The van der Waals surface area contributed by atoms with E-state index in [1.165, 1.54) is 6.26 Å². The van der Waals surface area contributed by atoms with Crippen molar-refractivity contribution in [1.29, 1.82) is 0 Å². The molecular weight excluding hydrogens is 324 g/mol. The molecule has 0 saturated carbocycles. The third kappa shape index (κ3) is 5.54. The molecule has 0 aliphatic rings. The van der Waals surface area contributed by atoms with Crippen molar-refractivity contribution in [3.63, 3.8) is 0 Å². The first-order chi connectivity index (χ1) is 10.4. The van der Waals surface area contributed by atoms with Crippen molar-refractivity contribution >= 4 is 27.1 Å². The Hall–Kier alpha value is -1.79. The van der Waals surface area contributed by atoms with E-state index >= 15 is 0 Å². The smallest absolute Gasteiger partial charge is 0.150 e. The van der Waals surface area contributed by atoms with Crippen LogP contribution in [0.1, 0.15) is 5.56 Å². The Morgan fingerprint density at radius 3 is 2.82 bits per heavy atom. The fourth-order valence-corrected chi connectivity index (χ4v) is 2.33. The number of halogens is 1. The van der Waals surface area contributed by atoms with Gasteiger partial charge in [0, 0.05) is 30.2 Å². The van der Waals surface area contributed by atoms with Crippen LogP contribution in [0.15, 0.2) is 42.7 Å². The number of pyridine rings is 1. The largest absolute Gasteiger partial charge is 0.490 e. The minimum Gasteiger partial charge on any atom is -0.490 e. The van der Waals surface area contributed by atoms with Crippen molar-refractivity contribution in [3.8, 4) is 5.75 Å². The van der Waals surface area contributed by atoms with Gasteiger partial charge in [-0.25, -0.2) is 8.42 Å². The predicted octanol–water partition coefficient (Wildman–Crippen LogP) is 2.77. The molecule has 0 unspecified atom stereocenters. The van der Waals surface area contributed by atoms with Crippen molar-refractivity contribution < 1.29 is 13.2 Å². The molecule has 0 fully saturated rings. The maximum Gasteiger partial charge on any atom is 0.150 e. The lowest BCUT2D eigenvalue weighted by Gasteiger charge is -2.13. The van der Waals surface area contributed by atoms with E-state index in [0.29, 0.717) is 23.0 Å². The van der Waals surface area contributed by atoms with Gasteiger partial charge < -0.3 is 10.1 Å². The van der Waals surface area contributed by atoms with E-state index in [0.717, 1.165) is 5.56 Å². The molecule has 1 heterocycles. The van der Waals surface area contributed by atoms with Crippen LogP contribution in [0.3, 0.4) is 0 Å². The molecule has 0 atom stereocenters. The Kier molecular flexibility index (Phi) is 5.63. The van der Waals surface area contributed by atoms with E-state index in [4.69, 9.17) is 16.3 Å². The van der Waals surface area contributed by atoms with Crippen molar-refractivity contribution in [2.24, 2.45) is 0 Å². The third-order valence-electron chi connectivity index (χ3n) is 2.86. The lowest BCUT2D eigenvalue weighted by atomic mass is 10.2. The molecule has 0 aliphatic carbocycles. The van der Waals surface area contributed by atoms with Crippen LogP contribution < -0.4 is 10.1 Å². The van der Waals surface area contributed by atoms with Crippen LogP contribution in [-0.2, 0) is 16.4 Å². The summed E-state index contributed by atoms with van der Waals surface area (Å²) < 4.78 is 27.8. The number of hydrogen-bond acceptors (Lipinski definition) is 5. The van der Waals surface area contributed by atoms with E-state index in [9.17, 15) is 8.42 Å². The first-order valence-electron chi connectivity index (χ1n) is 6.67. The Labute approximate surface area is 135 Å². The van der Waals surface area contributed by atoms with Gasteiger partial charge in [0.15, 0.2) is 9.84 Å². The monoisotopic (exact) mass is 340 g/mol. The summed E-state index contributed by atoms with van der Waals surface area (Å²) >= 11 is 6.00. The quantitative estimate of drug-likeness (QED) is 0.839. The van der Waals surface area contributed by atoms with Crippen LogP contribution in [0.2, 0.25) is 5.02 Å². The van der Waals surface area contributed by atoms with Gasteiger partial charge in [-0.1, -0.05) is 17.7 Å². The van der Waals surface area contributed by atoms with Crippen molar-refractivity contribution in [2.45, 2.75) is 6.54 Å². The zero-order valence-corrected chi connectivity index (χ0v) is 13.7. The van der Waals surface area contributed by atoms with Gasteiger partial charge in [-0.3, -0.25) is 4.98 Å². The Morgan fingerprint density at radius 2 is 2.14 bits per heavy atom. The molecule has 2 rings (SSSR count). The molecule has 118 valence electrons. The molecule has 0 aliphatic heterocycles. The number of benzene rings is 1. The highest BCUT2D eigenvalue weighted by Gasteiger charge is 2.07. The Morgan fingerprint density at radius 1 is 1.32 bits per heavy atom. The minimum absolute atomic E-state index is 0.0301. The molecule has 1 N–H and O–H groups in total. The normalized spacial score (nSPS) is 11.2. The van der Waals surface area contributed by atoms with Gasteiger partial charge in [0.25, 0.3) is 0 Å². The summed E-state index contributed by atoms with van der Waals surface area (Å²) in [4.78, 5) is 4.05. The standard InChI is InChI=1S/C15H17ClN2O3S/c1-22(19,20)8-7-21-15-5-4-13(16)9-14(15)18-11-12-3-2-6-17-10-12/h2-6,9-10,18H,7-8,11H2,1H3. The molecule has 22 heavy (non-hydrogen) atoms. The Bertz CT molecular complexity index is 721. The van der Waals surface area contributed by atoms with Crippen LogP contribution in [0, 0.1) is 0 Å². The van der Waals surface area contributed by atoms with Crippen molar-refractivity contribution in [1.82, 2.24) is 4.98 Å². The molecule has 0 amide bonds. The summed E-state index contributed by atoms with van der Waals surface area (Å²) in [6.45, 7) is 0.665. The highest BCUT2D eigenvalue weighted by Crippen LogP contribution is 2.28. The summed E-state index contributed by atoms with van der Waals surface area (Å²) in [7, 11) is -3.05. The number of hydrogen-bond donors (Lipinski definition) is 1. The first-order valence-corrected chi connectivity index (χ1v) is 9.11. The first kappa shape index (κ1) is 16.6. The average molecular weight is 341 g/mol. The van der Waals surface area contributed by atoms with Crippen LogP contribution in [0.4, 0.5) is 5.69 Å². The van der Waals surface area contributed by atoms with E-state index in [1.807, 2.05) is 12.1 Å². The van der Waals surface area contributed by atoms with Gasteiger partial charge in [0.05, 0.1) is 11.4 Å². The van der Waals surface area contributed by atoms with Crippen molar-refractivity contribution in [2.75, 3.05) is 23.9 Å². The summed E-state index contributed by atoms with van der Waals surface area (Å²) in [6.07, 6.45) is 4.66. The number of sulfone groups is 1. The van der Waals surface area contributed by atoms with Crippen LogP contribution in [0.25, 0.3) is 0 Å². The van der Waals surface area contributed by atoms with E-state index in [-0.39, 0.29) is 12.4 Å². The fourth-order valence-electron chi connectivity index (χ4n) is 1.77. The SMILES string of the molecule is CS(=O)(=O)CCOc1ccc(Cl)cc1NCc1cccnc1. The molecule has 0 saturated heterocycles. The molecule has 0 radical (unpaired) electrons. The van der Waals surface area contributed by atoms with E-state index < -0.39 is 9.84 Å². The third-order valence-corrected chi connectivity index (χ3v) is 4.00. The molecule has 2 aromatic rings. The second-order valence-electron chi connectivity index (χ2n) is 4.83. The summed E-state index contributed by atoms with van der Waals surface area (Å²) in [6, 6.07) is 8.98. The number of anilines is 1. The second-order valence-corrected chi connectivity index (χ2v) is 7.53. The predicted molar refractivity (Wildman–Crippen MR) is 88.2 cm³/mol. The van der Waals surface area contributed by atoms with Crippen LogP contribution in [0.5, 0.6) is 5.75 Å². The molecule has 1 aromatic carbocycles. The van der Waals surface area contributed by atoms with Gasteiger partial charge in [0.2, 0.25) is 0 Å². The number of nitrogens with zero attached hydrogens (tertiary/aromatic N) is 1. The Balaban J connectivity index is 2.04. The maximum absolute atomic E-state index is 11.1. The van der Waals surface area contributed by atoms with Gasteiger partial charge >= 0.3 is 0 Å². The van der Waals surface area contributed by atoms with Gasteiger partial charge in [-0.2, -0.15) is 0 Å². The number of rotatable bonds is 7. The van der Waals surface area contributed by atoms with Crippen LogP contribution in [-0.4, -0.2) is 32.0 Å². The van der Waals surface area contributed by atoms with Crippen molar-refractivity contribution in [3.05, 3.63) is 53.3 Å². The lowest BCUT2D eigenvalue weighted by molar-refractivity contribution is 0.342. The molecule has 7 heteroatoms. The van der Waals surface area contributed by atoms with E-state index in [1.54, 1.807) is 30.6 Å². The maximum atomic E-state index is 11.1. The fraction of sp³-hybridized carbons (Fsp3) is 0.267. The van der Waals surface area contributed by atoms with Gasteiger partial charge in [-0.15, -0.1) is 0 Å². The average Bonchev–Trinajstić information content (AvgIpc) is 2.47. The zero-order chi connectivity index (χ0) is 16.0. The summed E-state index contributed by atoms with van der Waals surface area (Å²) in [5.74, 6) is 0.537. The minimum atomic E-state index is -3.05. The number of nitrogens with one attached hydrogen (secondary N) is 1. The molecule has 0 bridgehead atoms. The zero-order valence-electron chi connectivity index (χ0n) is 12.1. The number of aromatic nitrogens is 1. The topological polar surface area (TPSA) is 68.3 Å². The second kappa shape index (κ2) is 7.47. The highest BCUT2D eigenvalue weighted by atomic mass is 35.5.